The lowest BCUT2D eigenvalue weighted by atomic mass is 9.79. The molecule has 0 spiro atoms. The first-order valence-electron chi connectivity index (χ1n) is 7.32. The summed E-state index contributed by atoms with van der Waals surface area (Å²) in [7, 11) is 0. The number of fused-ring (bicyclic) bond motifs is 1. The van der Waals surface area contributed by atoms with Gasteiger partial charge in [-0.25, -0.2) is 0 Å². The summed E-state index contributed by atoms with van der Waals surface area (Å²) in [5.74, 6) is 0.287. The van der Waals surface area contributed by atoms with Gasteiger partial charge in [-0.3, -0.25) is 0 Å². The molecule has 0 saturated heterocycles. The van der Waals surface area contributed by atoms with Crippen molar-refractivity contribution in [2.24, 2.45) is 5.92 Å². The molecule has 2 unspecified atom stereocenters. The molecule has 1 N–H and O–H groups in total. The Hall–Kier alpha value is -1.02. The second kappa shape index (κ2) is 6.39. The van der Waals surface area contributed by atoms with E-state index in [2.05, 4.69) is 24.3 Å². The highest BCUT2D eigenvalue weighted by Gasteiger charge is 2.25. The minimum atomic E-state index is -0.380. The third kappa shape index (κ3) is 3.42. The molecule has 1 nitrogen and oxygen atoms in total. The third-order valence-electron chi connectivity index (χ3n) is 4.37. The van der Waals surface area contributed by atoms with Crippen LogP contribution in [0.5, 0.6) is 0 Å². The van der Waals surface area contributed by atoms with Crippen molar-refractivity contribution >= 4 is 23.2 Å². The van der Waals surface area contributed by atoms with E-state index >= 15 is 0 Å². The number of benzene rings is 2. The van der Waals surface area contributed by atoms with Gasteiger partial charge in [-0.05, 0) is 60.1 Å². The van der Waals surface area contributed by atoms with Gasteiger partial charge in [0.05, 0.1) is 6.10 Å². The van der Waals surface area contributed by atoms with Gasteiger partial charge in [0.25, 0.3) is 0 Å². The molecule has 1 aliphatic carbocycles. The molecule has 2 aromatic rings. The van der Waals surface area contributed by atoms with Gasteiger partial charge >= 0.3 is 0 Å². The summed E-state index contributed by atoms with van der Waals surface area (Å²) >= 11 is 12.2. The SMILES string of the molecule is OC(Cc1cc(Cl)ccc1Cl)C1CCc2ccccc2C1. The van der Waals surface area contributed by atoms with Gasteiger partial charge in [0.2, 0.25) is 0 Å². The average Bonchev–Trinajstić information content (AvgIpc) is 2.50. The van der Waals surface area contributed by atoms with E-state index in [1.54, 1.807) is 12.1 Å². The number of halogens is 2. The number of rotatable bonds is 3. The van der Waals surface area contributed by atoms with Gasteiger partial charge < -0.3 is 5.11 Å². The van der Waals surface area contributed by atoms with Crippen molar-refractivity contribution in [2.75, 3.05) is 0 Å². The molecule has 0 fully saturated rings. The monoisotopic (exact) mass is 320 g/mol. The van der Waals surface area contributed by atoms with Crippen LogP contribution in [0, 0.1) is 5.92 Å². The highest BCUT2D eigenvalue weighted by Crippen LogP contribution is 2.30. The minimum Gasteiger partial charge on any atom is -0.392 e. The van der Waals surface area contributed by atoms with E-state index in [-0.39, 0.29) is 12.0 Å². The molecular weight excluding hydrogens is 303 g/mol. The quantitative estimate of drug-likeness (QED) is 0.868. The van der Waals surface area contributed by atoms with Crippen molar-refractivity contribution in [1.82, 2.24) is 0 Å². The first-order chi connectivity index (χ1) is 10.1. The Morgan fingerprint density at radius 3 is 2.67 bits per heavy atom. The standard InChI is InChI=1S/C18H18Cl2O/c19-16-7-8-17(20)15(10-16)11-18(21)14-6-5-12-3-1-2-4-13(12)9-14/h1-4,7-8,10,14,18,21H,5-6,9,11H2. The van der Waals surface area contributed by atoms with Crippen molar-refractivity contribution in [3.63, 3.8) is 0 Å². The maximum absolute atomic E-state index is 10.6. The Labute approximate surface area is 135 Å². The number of aliphatic hydroxyl groups excluding tert-OH is 1. The topological polar surface area (TPSA) is 20.2 Å². The third-order valence-corrected chi connectivity index (χ3v) is 4.97. The predicted octanol–water partition coefficient (Wildman–Crippen LogP) is 4.70. The van der Waals surface area contributed by atoms with Crippen molar-refractivity contribution < 1.29 is 5.11 Å². The van der Waals surface area contributed by atoms with E-state index in [0.29, 0.717) is 16.5 Å². The van der Waals surface area contributed by atoms with Crippen LogP contribution in [-0.4, -0.2) is 11.2 Å². The summed E-state index contributed by atoms with van der Waals surface area (Å²) in [4.78, 5) is 0. The van der Waals surface area contributed by atoms with Crippen molar-refractivity contribution in [2.45, 2.75) is 31.8 Å². The zero-order valence-corrected chi connectivity index (χ0v) is 13.2. The van der Waals surface area contributed by atoms with Crippen LogP contribution in [0.1, 0.15) is 23.1 Å². The number of hydrogen-bond acceptors (Lipinski definition) is 1. The van der Waals surface area contributed by atoms with Gasteiger partial charge in [0, 0.05) is 16.5 Å². The summed E-state index contributed by atoms with van der Waals surface area (Å²) in [6.45, 7) is 0. The van der Waals surface area contributed by atoms with Gasteiger partial charge in [0.15, 0.2) is 0 Å². The minimum absolute atomic E-state index is 0.287. The fourth-order valence-corrected chi connectivity index (χ4v) is 3.54. The smallest absolute Gasteiger partial charge is 0.0612 e. The zero-order chi connectivity index (χ0) is 14.8. The van der Waals surface area contributed by atoms with Crippen LogP contribution >= 0.6 is 23.2 Å². The highest BCUT2D eigenvalue weighted by molar-refractivity contribution is 6.33. The molecule has 0 aromatic heterocycles. The second-order valence-electron chi connectivity index (χ2n) is 5.78. The molecule has 1 aliphatic rings. The lowest BCUT2D eigenvalue weighted by Crippen LogP contribution is -2.28. The Bertz CT molecular complexity index is 639. The molecular formula is C18H18Cl2O. The molecule has 2 atom stereocenters. The maximum Gasteiger partial charge on any atom is 0.0612 e. The Morgan fingerprint density at radius 1 is 1.10 bits per heavy atom. The molecule has 2 aromatic carbocycles. The highest BCUT2D eigenvalue weighted by atomic mass is 35.5. The Balaban J connectivity index is 1.72. The van der Waals surface area contributed by atoms with Crippen LogP contribution in [0.2, 0.25) is 10.0 Å². The number of hydrogen-bond donors (Lipinski definition) is 1. The molecule has 0 heterocycles. The van der Waals surface area contributed by atoms with E-state index in [0.717, 1.165) is 24.8 Å². The summed E-state index contributed by atoms with van der Waals surface area (Å²) in [5.41, 5.74) is 3.71. The van der Waals surface area contributed by atoms with E-state index in [1.807, 2.05) is 6.07 Å². The largest absolute Gasteiger partial charge is 0.392 e. The molecule has 3 heteroatoms. The molecule has 0 radical (unpaired) electrons. The summed E-state index contributed by atoms with van der Waals surface area (Å²) in [6, 6.07) is 13.9. The van der Waals surface area contributed by atoms with Gasteiger partial charge in [-0.2, -0.15) is 0 Å². The lowest BCUT2D eigenvalue weighted by molar-refractivity contribution is 0.0993. The van der Waals surface area contributed by atoms with E-state index in [4.69, 9.17) is 23.2 Å². The van der Waals surface area contributed by atoms with Crippen LogP contribution in [0.15, 0.2) is 42.5 Å². The average molecular weight is 321 g/mol. The van der Waals surface area contributed by atoms with Crippen LogP contribution < -0.4 is 0 Å². The lowest BCUT2D eigenvalue weighted by Gasteiger charge is -2.28. The molecule has 0 aliphatic heterocycles. The van der Waals surface area contributed by atoms with Crippen molar-refractivity contribution in [1.29, 1.82) is 0 Å². The number of aryl methyl sites for hydroxylation is 1. The Kier molecular flexibility index (Phi) is 4.54. The van der Waals surface area contributed by atoms with Crippen LogP contribution in [-0.2, 0) is 19.3 Å². The molecule has 110 valence electrons. The zero-order valence-electron chi connectivity index (χ0n) is 11.7. The van der Waals surface area contributed by atoms with E-state index < -0.39 is 0 Å². The molecule has 3 rings (SSSR count). The molecule has 21 heavy (non-hydrogen) atoms. The van der Waals surface area contributed by atoms with Gasteiger partial charge in [0.1, 0.15) is 0 Å². The normalized spacial score (nSPS) is 19.1. The molecule has 0 amide bonds. The van der Waals surface area contributed by atoms with Gasteiger partial charge in [-0.15, -0.1) is 0 Å². The number of aliphatic hydroxyl groups is 1. The van der Waals surface area contributed by atoms with Crippen LogP contribution in [0.4, 0.5) is 0 Å². The van der Waals surface area contributed by atoms with Crippen molar-refractivity contribution in [3.05, 3.63) is 69.2 Å². The summed E-state index contributed by atoms with van der Waals surface area (Å²) < 4.78 is 0. The van der Waals surface area contributed by atoms with E-state index in [1.165, 1.54) is 11.1 Å². The molecule has 0 bridgehead atoms. The molecule has 0 saturated carbocycles. The van der Waals surface area contributed by atoms with Crippen LogP contribution in [0.25, 0.3) is 0 Å². The van der Waals surface area contributed by atoms with E-state index in [9.17, 15) is 5.11 Å². The fourth-order valence-electron chi connectivity index (χ4n) is 3.15. The maximum atomic E-state index is 10.6. The van der Waals surface area contributed by atoms with Crippen molar-refractivity contribution in [3.8, 4) is 0 Å². The van der Waals surface area contributed by atoms with Crippen LogP contribution in [0.3, 0.4) is 0 Å². The predicted molar refractivity (Wildman–Crippen MR) is 88.1 cm³/mol. The fraction of sp³-hybridized carbons (Fsp3) is 0.333. The second-order valence-corrected chi connectivity index (χ2v) is 6.62. The summed E-state index contributed by atoms with van der Waals surface area (Å²) in [5, 5.41) is 11.9. The Morgan fingerprint density at radius 2 is 1.86 bits per heavy atom. The first kappa shape index (κ1) is 14.9. The summed E-state index contributed by atoms with van der Waals surface area (Å²) in [6.07, 6.45) is 3.19. The van der Waals surface area contributed by atoms with Gasteiger partial charge in [-0.1, -0.05) is 47.5 Å². The first-order valence-corrected chi connectivity index (χ1v) is 8.08.